The highest BCUT2D eigenvalue weighted by Crippen LogP contribution is 2.57. The van der Waals surface area contributed by atoms with Crippen LogP contribution >= 0.6 is 63.7 Å². The Kier molecular flexibility index (Phi) is 9.96. The lowest BCUT2D eigenvalue weighted by Crippen LogP contribution is -2.48. The average molecular weight is 630 g/mol. The van der Waals surface area contributed by atoms with Crippen molar-refractivity contribution < 1.29 is 34.4 Å². The van der Waals surface area contributed by atoms with E-state index in [4.69, 9.17) is 14.6 Å². The summed E-state index contributed by atoms with van der Waals surface area (Å²) in [6.45, 7) is 1.34. The maximum absolute atomic E-state index is 13.0. The first-order valence-corrected chi connectivity index (χ1v) is 10.7. The van der Waals surface area contributed by atoms with E-state index in [0.717, 1.165) is 0 Å². The van der Waals surface area contributed by atoms with Gasteiger partial charge in [-0.1, -0.05) is 31.9 Å². The number of ether oxygens (including phenoxy) is 2. The van der Waals surface area contributed by atoms with Gasteiger partial charge < -0.3 is 24.8 Å². The van der Waals surface area contributed by atoms with Crippen LogP contribution in [0.25, 0.3) is 0 Å². The zero-order chi connectivity index (χ0) is 20.1. The predicted molar refractivity (Wildman–Crippen MR) is 108 cm³/mol. The van der Waals surface area contributed by atoms with Gasteiger partial charge >= 0.3 is 11.9 Å². The number of aliphatic hydroxyl groups is 2. The number of rotatable bonds is 9. The van der Waals surface area contributed by atoms with Crippen molar-refractivity contribution in [3.05, 3.63) is 17.9 Å². The lowest BCUT2D eigenvalue weighted by molar-refractivity contribution is -0.165. The molecule has 0 aromatic carbocycles. The van der Waals surface area contributed by atoms with Crippen LogP contribution in [0.3, 0.4) is 0 Å². The topological polar surface area (TPSA) is 113 Å². The molecule has 0 radical (unpaired) electrons. The quantitative estimate of drug-likeness (QED) is 0.266. The van der Waals surface area contributed by atoms with Crippen LogP contribution in [0.2, 0.25) is 0 Å². The summed E-state index contributed by atoms with van der Waals surface area (Å²) in [6, 6.07) is 0. The number of halogens is 4. The maximum Gasteiger partial charge on any atom is 0.318 e. The summed E-state index contributed by atoms with van der Waals surface area (Å²) in [5, 5.41) is 28.4. The molecule has 0 amide bonds. The van der Waals surface area contributed by atoms with Gasteiger partial charge in [0.15, 0.2) is 0 Å². The minimum Gasteiger partial charge on any atom is -0.481 e. The van der Waals surface area contributed by atoms with Gasteiger partial charge in [0.25, 0.3) is 0 Å². The number of hydrogen-bond donors (Lipinski definition) is 3. The molecule has 0 bridgehead atoms. The number of hydrogen-bond acceptors (Lipinski definition) is 6. The van der Waals surface area contributed by atoms with Crippen LogP contribution in [0.1, 0.15) is 13.3 Å². The van der Waals surface area contributed by atoms with Gasteiger partial charge in [0.2, 0.25) is 0 Å². The Morgan fingerprint density at radius 1 is 1.15 bits per heavy atom. The number of aliphatic hydroxyl groups excluding tert-OH is 2. The molecule has 3 atom stereocenters. The van der Waals surface area contributed by atoms with Crippen molar-refractivity contribution in [3.63, 3.8) is 0 Å². The first-order chi connectivity index (χ1) is 12.1. The smallest absolute Gasteiger partial charge is 0.318 e. The van der Waals surface area contributed by atoms with Crippen LogP contribution in [-0.4, -0.2) is 59.8 Å². The molecule has 26 heavy (non-hydrogen) atoms. The van der Waals surface area contributed by atoms with Crippen molar-refractivity contribution in [1.82, 2.24) is 0 Å². The highest BCUT2D eigenvalue weighted by Gasteiger charge is 2.58. The molecule has 1 rings (SSSR count). The number of carbonyl (C=O) groups excluding carboxylic acids is 1. The monoisotopic (exact) mass is 626 g/mol. The number of carboxylic acid groups (broad SMARTS) is 1. The molecular weight excluding hydrogens is 612 g/mol. The molecule has 0 aromatic rings. The fourth-order valence-corrected chi connectivity index (χ4v) is 5.70. The summed E-state index contributed by atoms with van der Waals surface area (Å²) in [7, 11) is 0. The normalized spacial score (nSPS) is 24.7. The number of allylic oxidation sites excluding steroid dienone is 2. The minimum atomic E-state index is -1.67. The molecule has 3 unspecified atom stereocenters. The van der Waals surface area contributed by atoms with E-state index in [1.54, 1.807) is 0 Å². The van der Waals surface area contributed by atoms with Crippen LogP contribution < -0.4 is 0 Å². The molecule has 1 aliphatic rings. The zero-order valence-electron chi connectivity index (χ0n) is 13.7. The fourth-order valence-electron chi connectivity index (χ4n) is 2.64. The van der Waals surface area contributed by atoms with E-state index >= 15 is 0 Å². The van der Waals surface area contributed by atoms with E-state index in [1.807, 2.05) is 0 Å². The fraction of sp³-hybridized carbons (Fsp3) is 0.600. The van der Waals surface area contributed by atoms with Gasteiger partial charge in [0.05, 0.1) is 25.9 Å². The summed E-state index contributed by atoms with van der Waals surface area (Å²) in [5.41, 5.74) is -1.67. The molecule has 0 saturated carbocycles. The van der Waals surface area contributed by atoms with Crippen molar-refractivity contribution in [1.29, 1.82) is 0 Å². The molecule has 0 spiro atoms. The molecule has 7 nitrogen and oxygen atoms in total. The second-order valence-corrected chi connectivity index (χ2v) is 8.79. The Morgan fingerprint density at radius 3 is 2.27 bits per heavy atom. The number of carbonyl (C=O) groups is 2. The molecule has 0 aromatic heterocycles. The average Bonchev–Trinajstić information content (AvgIpc) is 2.56. The van der Waals surface area contributed by atoms with Gasteiger partial charge in [0, 0.05) is 17.9 Å². The van der Waals surface area contributed by atoms with E-state index in [0.29, 0.717) is 8.96 Å². The molecule has 3 N–H and O–H groups in total. The number of esters is 1. The molecule has 0 heterocycles. The maximum atomic E-state index is 13.0. The highest BCUT2D eigenvalue weighted by molar-refractivity contribution is 9.17. The minimum absolute atomic E-state index is 0.0536. The van der Waals surface area contributed by atoms with E-state index < -0.39 is 29.4 Å². The third kappa shape index (κ3) is 5.18. The van der Waals surface area contributed by atoms with Crippen LogP contribution in [0.15, 0.2) is 17.9 Å². The van der Waals surface area contributed by atoms with Gasteiger partial charge in [-0.3, -0.25) is 9.59 Å². The molecule has 1 aliphatic carbocycles. The van der Waals surface area contributed by atoms with E-state index in [9.17, 15) is 19.8 Å². The third-order valence-corrected chi connectivity index (χ3v) is 8.83. The summed E-state index contributed by atoms with van der Waals surface area (Å²) in [6.07, 6.45) is -1.15. The Hall–Kier alpha value is 0.220. The van der Waals surface area contributed by atoms with Crippen LogP contribution in [-0.2, 0) is 19.1 Å². The molecular formula is C15H18Br4O7. The zero-order valence-corrected chi connectivity index (χ0v) is 20.0. The summed E-state index contributed by atoms with van der Waals surface area (Å²) < 4.78 is 11.7. The second kappa shape index (κ2) is 10.7. The van der Waals surface area contributed by atoms with E-state index in [1.165, 1.54) is 6.92 Å². The predicted octanol–water partition coefficient (Wildman–Crippen LogP) is 3.01. The largest absolute Gasteiger partial charge is 0.481 e. The SMILES string of the molecule is CC(O)CC1(C(=O)OCCOCCO)C(Br)=C(Br)C(Br)=C(Br)C1C(=O)O. The highest BCUT2D eigenvalue weighted by atomic mass is 79.9. The number of carboxylic acids is 1. The van der Waals surface area contributed by atoms with Crippen molar-refractivity contribution in [2.75, 3.05) is 26.4 Å². The van der Waals surface area contributed by atoms with Gasteiger partial charge in [-0.2, -0.15) is 0 Å². The van der Waals surface area contributed by atoms with E-state index in [2.05, 4.69) is 63.7 Å². The molecule has 148 valence electrons. The van der Waals surface area contributed by atoms with Crippen LogP contribution in [0.4, 0.5) is 0 Å². The van der Waals surface area contributed by atoms with Crippen molar-refractivity contribution in [3.8, 4) is 0 Å². The van der Waals surface area contributed by atoms with Gasteiger partial charge in [-0.15, -0.1) is 0 Å². The Bertz CT molecular complexity index is 617. The summed E-state index contributed by atoms with van der Waals surface area (Å²) in [4.78, 5) is 25.0. The first-order valence-electron chi connectivity index (χ1n) is 7.49. The Balaban J connectivity index is 3.30. The van der Waals surface area contributed by atoms with E-state index in [-0.39, 0.29) is 41.8 Å². The van der Waals surface area contributed by atoms with Gasteiger partial charge in [-0.05, 0) is 45.2 Å². The van der Waals surface area contributed by atoms with Gasteiger partial charge in [0.1, 0.15) is 17.9 Å². The van der Waals surface area contributed by atoms with Gasteiger partial charge in [-0.25, -0.2) is 0 Å². The first kappa shape index (κ1) is 24.3. The van der Waals surface area contributed by atoms with Crippen LogP contribution in [0, 0.1) is 11.3 Å². The lowest BCUT2D eigenvalue weighted by Gasteiger charge is -2.40. The summed E-state index contributed by atoms with van der Waals surface area (Å²) >= 11 is 13.2. The Morgan fingerprint density at radius 2 is 1.77 bits per heavy atom. The lowest BCUT2D eigenvalue weighted by atomic mass is 9.69. The Labute approximate surface area is 184 Å². The number of aliphatic carboxylic acids is 1. The van der Waals surface area contributed by atoms with Crippen molar-refractivity contribution in [2.45, 2.75) is 19.4 Å². The van der Waals surface area contributed by atoms with Crippen LogP contribution in [0.5, 0.6) is 0 Å². The molecule has 11 heteroatoms. The standard InChI is InChI=1S/C15H18Br4O7/c1-7(21)6-15(14(24)26-5-4-25-3-2-20)8(13(22)23)9(16)10(17)11(18)12(15)19/h7-8,20-21H,2-6H2,1H3,(H,22,23). The molecule has 0 aliphatic heterocycles. The van der Waals surface area contributed by atoms with Crippen molar-refractivity contribution >= 4 is 75.7 Å². The second-order valence-electron chi connectivity index (χ2n) is 5.56. The summed E-state index contributed by atoms with van der Waals surface area (Å²) in [5.74, 6) is -3.37. The molecule has 0 saturated heterocycles. The molecule has 0 fully saturated rings. The van der Waals surface area contributed by atoms with Crippen molar-refractivity contribution in [2.24, 2.45) is 11.3 Å². The third-order valence-electron chi connectivity index (χ3n) is 3.66.